The maximum absolute atomic E-state index is 12.8. The third-order valence-corrected chi connectivity index (χ3v) is 5.60. The molecule has 1 aromatic heterocycles. The van der Waals surface area contributed by atoms with E-state index in [2.05, 4.69) is 20.9 Å². The Balaban J connectivity index is 1.40. The van der Waals surface area contributed by atoms with Gasteiger partial charge in [-0.15, -0.1) is 0 Å². The normalized spacial score (nSPS) is 17.4. The van der Waals surface area contributed by atoms with Gasteiger partial charge in [0.1, 0.15) is 5.75 Å². The molecule has 4 rings (SSSR count). The second-order valence-corrected chi connectivity index (χ2v) is 7.98. The highest BCUT2D eigenvalue weighted by Crippen LogP contribution is 2.22. The van der Waals surface area contributed by atoms with Crippen molar-refractivity contribution in [2.45, 2.75) is 19.0 Å². The molecule has 1 aliphatic rings. The van der Waals surface area contributed by atoms with Crippen molar-refractivity contribution in [1.82, 2.24) is 20.9 Å². The number of carbonyl (C=O) groups excluding carboxylic acids is 3. The van der Waals surface area contributed by atoms with E-state index in [9.17, 15) is 19.5 Å². The van der Waals surface area contributed by atoms with Crippen molar-refractivity contribution in [3.05, 3.63) is 94.8 Å². The first-order chi connectivity index (χ1) is 15.9. The van der Waals surface area contributed by atoms with Gasteiger partial charge in [-0.3, -0.25) is 19.4 Å². The summed E-state index contributed by atoms with van der Waals surface area (Å²) in [6.45, 7) is 2.90. The van der Waals surface area contributed by atoms with E-state index in [1.807, 2.05) is 6.92 Å². The van der Waals surface area contributed by atoms with Crippen LogP contribution in [-0.4, -0.2) is 52.9 Å². The van der Waals surface area contributed by atoms with Crippen LogP contribution in [0.25, 0.3) is 0 Å². The lowest BCUT2D eigenvalue weighted by molar-refractivity contribution is 0.0896. The summed E-state index contributed by atoms with van der Waals surface area (Å²) in [6.07, 6.45) is 3.10. The maximum atomic E-state index is 12.8. The molecule has 4 N–H and O–H groups in total. The zero-order valence-corrected chi connectivity index (χ0v) is 18.0. The highest BCUT2D eigenvalue weighted by atomic mass is 16.3. The summed E-state index contributed by atoms with van der Waals surface area (Å²) in [7, 11) is 0. The Bertz CT molecular complexity index is 1180. The number of ketones is 1. The Hall–Kier alpha value is -4.04. The van der Waals surface area contributed by atoms with Crippen molar-refractivity contribution in [2.75, 3.05) is 13.1 Å². The van der Waals surface area contributed by atoms with E-state index in [-0.39, 0.29) is 41.0 Å². The summed E-state index contributed by atoms with van der Waals surface area (Å²) in [5.41, 5.74) is 2.35. The summed E-state index contributed by atoms with van der Waals surface area (Å²) < 4.78 is 0. The molecule has 0 spiro atoms. The van der Waals surface area contributed by atoms with Gasteiger partial charge in [-0.1, -0.05) is 23.8 Å². The molecule has 0 saturated carbocycles. The van der Waals surface area contributed by atoms with Crippen LogP contribution in [-0.2, 0) is 0 Å². The summed E-state index contributed by atoms with van der Waals surface area (Å²) in [5, 5.41) is 19.1. The van der Waals surface area contributed by atoms with Crippen LogP contribution in [0.2, 0.25) is 0 Å². The van der Waals surface area contributed by atoms with E-state index in [0.717, 1.165) is 5.56 Å². The molecule has 0 unspecified atom stereocenters. The Morgan fingerprint density at radius 1 is 0.848 bits per heavy atom. The Morgan fingerprint density at radius 3 is 2.00 bits per heavy atom. The topological polar surface area (TPSA) is 120 Å². The van der Waals surface area contributed by atoms with Crippen LogP contribution in [0.15, 0.2) is 67.0 Å². The molecule has 8 heteroatoms. The lowest BCUT2D eigenvalue weighted by Gasteiger charge is -2.21. The molecular weight excluding hydrogens is 420 g/mol. The van der Waals surface area contributed by atoms with E-state index >= 15 is 0 Å². The van der Waals surface area contributed by atoms with Crippen LogP contribution < -0.4 is 16.0 Å². The quantitative estimate of drug-likeness (QED) is 0.431. The molecule has 2 amide bonds. The largest absolute Gasteiger partial charge is 0.507 e. The van der Waals surface area contributed by atoms with Crippen LogP contribution in [0.4, 0.5) is 0 Å². The van der Waals surface area contributed by atoms with Crippen molar-refractivity contribution in [1.29, 1.82) is 0 Å². The van der Waals surface area contributed by atoms with Crippen LogP contribution in [0, 0.1) is 6.92 Å². The lowest BCUT2D eigenvalue weighted by atomic mass is 9.99. The zero-order chi connectivity index (χ0) is 23.4. The number of rotatable bonds is 6. The molecule has 3 aromatic rings. The standard InChI is InChI=1S/C25H24N4O4/c1-15-2-7-22(30)19(12-15)23(31)16-3-5-17(6-4-16)24(32)28-20-13-27-14-21(20)29-25(33)18-8-10-26-11-9-18/h2-12,20-21,27,30H,13-14H2,1H3,(H,28,32)(H,29,33)/t20-,21-/m1/s1. The molecule has 0 radical (unpaired) electrons. The smallest absolute Gasteiger partial charge is 0.251 e. The number of benzene rings is 2. The second-order valence-electron chi connectivity index (χ2n) is 7.98. The number of carbonyl (C=O) groups is 3. The van der Waals surface area contributed by atoms with Gasteiger partial charge in [0, 0.05) is 42.2 Å². The first-order valence-electron chi connectivity index (χ1n) is 10.6. The average molecular weight is 444 g/mol. The van der Waals surface area contributed by atoms with Crippen molar-refractivity contribution < 1.29 is 19.5 Å². The molecule has 33 heavy (non-hydrogen) atoms. The van der Waals surface area contributed by atoms with Crippen molar-refractivity contribution in [3.63, 3.8) is 0 Å². The molecule has 1 fully saturated rings. The number of aryl methyl sites for hydroxylation is 1. The second kappa shape index (κ2) is 9.62. The number of phenolic OH excluding ortho intramolecular Hbond substituents is 1. The summed E-state index contributed by atoms with van der Waals surface area (Å²) in [5.74, 6) is -0.931. The number of hydrogen-bond acceptors (Lipinski definition) is 6. The number of amides is 2. The first-order valence-corrected chi connectivity index (χ1v) is 10.6. The van der Waals surface area contributed by atoms with Crippen LogP contribution in [0.5, 0.6) is 5.75 Å². The van der Waals surface area contributed by atoms with Gasteiger partial charge in [-0.2, -0.15) is 0 Å². The van der Waals surface area contributed by atoms with Gasteiger partial charge >= 0.3 is 0 Å². The van der Waals surface area contributed by atoms with E-state index < -0.39 is 0 Å². The minimum absolute atomic E-state index is 0.0824. The fourth-order valence-electron chi connectivity index (χ4n) is 3.75. The number of pyridine rings is 1. The minimum Gasteiger partial charge on any atom is -0.507 e. The predicted molar refractivity (Wildman–Crippen MR) is 122 cm³/mol. The molecule has 8 nitrogen and oxygen atoms in total. The van der Waals surface area contributed by atoms with Crippen LogP contribution in [0.1, 0.15) is 42.2 Å². The SMILES string of the molecule is Cc1ccc(O)c(C(=O)c2ccc(C(=O)N[C@@H]3CNC[C@H]3NC(=O)c3ccncc3)cc2)c1. The first kappa shape index (κ1) is 22.2. The summed E-state index contributed by atoms with van der Waals surface area (Å²) >= 11 is 0. The molecular formula is C25H24N4O4. The van der Waals surface area contributed by atoms with Gasteiger partial charge < -0.3 is 21.1 Å². The van der Waals surface area contributed by atoms with Gasteiger partial charge in [0.25, 0.3) is 11.8 Å². The van der Waals surface area contributed by atoms with Gasteiger partial charge in [0.2, 0.25) is 0 Å². The molecule has 0 aliphatic carbocycles. The summed E-state index contributed by atoms with van der Waals surface area (Å²) in [6, 6.07) is 13.8. The lowest BCUT2D eigenvalue weighted by Crippen LogP contribution is -2.51. The van der Waals surface area contributed by atoms with E-state index in [1.54, 1.807) is 60.9 Å². The van der Waals surface area contributed by atoms with Crippen LogP contribution >= 0.6 is 0 Å². The Labute approximate surface area is 191 Å². The molecule has 168 valence electrons. The molecule has 2 aromatic carbocycles. The van der Waals surface area contributed by atoms with Gasteiger partial charge in [0.05, 0.1) is 17.6 Å². The number of nitrogens with zero attached hydrogens (tertiary/aromatic N) is 1. The predicted octanol–water partition coefficient (Wildman–Crippen LogP) is 1.83. The highest BCUT2D eigenvalue weighted by Gasteiger charge is 2.30. The molecule has 2 heterocycles. The maximum Gasteiger partial charge on any atom is 0.251 e. The highest BCUT2D eigenvalue weighted by molar-refractivity contribution is 6.11. The van der Waals surface area contributed by atoms with E-state index in [0.29, 0.717) is 29.8 Å². The van der Waals surface area contributed by atoms with Crippen molar-refractivity contribution in [2.24, 2.45) is 0 Å². The average Bonchev–Trinajstić information content (AvgIpc) is 3.27. The van der Waals surface area contributed by atoms with Gasteiger partial charge in [-0.25, -0.2) is 0 Å². The van der Waals surface area contributed by atoms with Gasteiger partial charge in [-0.05, 0) is 43.3 Å². The number of nitrogens with one attached hydrogen (secondary N) is 3. The van der Waals surface area contributed by atoms with E-state index in [1.165, 1.54) is 6.07 Å². The number of aromatic nitrogens is 1. The van der Waals surface area contributed by atoms with E-state index in [4.69, 9.17) is 0 Å². The third-order valence-electron chi connectivity index (χ3n) is 5.60. The fraction of sp³-hybridized carbons (Fsp3) is 0.200. The third kappa shape index (κ3) is 5.07. The van der Waals surface area contributed by atoms with Gasteiger partial charge in [0.15, 0.2) is 5.78 Å². The molecule has 1 saturated heterocycles. The van der Waals surface area contributed by atoms with Crippen molar-refractivity contribution >= 4 is 17.6 Å². The van der Waals surface area contributed by atoms with Crippen molar-refractivity contribution in [3.8, 4) is 5.75 Å². The summed E-state index contributed by atoms with van der Waals surface area (Å²) in [4.78, 5) is 41.8. The number of aromatic hydroxyl groups is 1. The Morgan fingerprint density at radius 2 is 1.39 bits per heavy atom. The fourth-order valence-corrected chi connectivity index (χ4v) is 3.75. The number of phenols is 1. The minimum atomic E-state index is -0.318. The molecule has 0 bridgehead atoms. The monoisotopic (exact) mass is 444 g/mol. The zero-order valence-electron chi connectivity index (χ0n) is 18.0. The molecule has 2 atom stereocenters. The Kier molecular flexibility index (Phi) is 6.46. The molecule has 1 aliphatic heterocycles. The van der Waals surface area contributed by atoms with Crippen LogP contribution in [0.3, 0.4) is 0 Å². The number of hydrogen-bond donors (Lipinski definition) is 4.